The van der Waals surface area contributed by atoms with Gasteiger partial charge in [0.2, 0.25) is 0 Å². The minimum Gasteiger partial charge on any atom is -0.479 e. The molecule has 2 atom stereocenters. The average molecular weight is 408 g/mol. The summed E-state index contributed by atoms with van der Waals surface area (Å²) < 4.78 is 29.6. The third-order valence-corrected chi connectivity index (χ3v) is 6.68. The second-order valence-corrected chi connectivity index (χ2v) is 9.34. The van der Waals surface area contributed by atoms with Crippen molar-refractivity contribution in [1.82, 2.24) is 4.90 Å². The molecule has 27 heavy (non-hydrogen) atoms. The summed E-state index contributed by atoms with van der Waals surface area (Å²) in [5.41, 5.74) is 0.945. The third-order valence-electron chi connectivity index (χ3n) is 4.62. The largest absolute Gasteiger partial charge is 0.479 e. The number of benzene rings is 2. The van der Waals surface area contributed by atoms with E-state index >= 15 is 0 Å². The Morgan fingerprint density at radius 1 is 1.19 bits per heavy atom. The molecule has 0 bridgehead atoms. The second-order valence-electron chi connectivity index (χ2n) is 6.70. The number of halogens is 1. The molecule has 1 heterocycles. The van der Waals surface area contributed by atoms with Crippen molar-refractivity contribution in [3.8, 4) is 5.75 Å². The normalized spacial score (nSPS) is 19.4. The molecule has 1 fully saturated rings. The van der Waals surface area contributed by atoms with Gasteiger partial charge in [-0.2, -0.15) is 0 Å². The highest BCUT2D eigenvalue weighted by molar-refractivity contribution is 7.91. The number of ether oxygens (including phenoxy) is 1. The molecular formula is C20H22ClNO4S. The molecule has 0 aliphatic carbocycles. The van der Waals surface area contributed by atoms with Crippen LogP contribution >= 0.6 is 11.6 Å². The molecule has 0 saturated carbocycles. The zero-order valence-corrected chi connectivity index (χ0v) is 16.6. The van der Waals surface area contributed by atoms with Gasteiger partial charge in [-0.05, 0) is 31.0 Å². The first-order chi connectivity index (χ1) is 12.9. The molecule has 0 radical (unpaired) electrons. The van der Waals surface area contributed by atoms with Gasteiger partial charge in [0.1, 0.15) is 5.75 Å². The quantitative estimate of drug-likeness (QED) is 0.736. The Morgan fingerprint density at radius 2 is 1.85 bits per heavy atom. The number of hydrogen-bond donors (Lipinski definition) is 0. The van der Waals surface area contributed by atoms with Gasteiger partial charge in [0.05, 0.1) is 16.5 Å². The average Bonchev–Trinajstić information content (AvgIpc) is 3.01. The maximum atomic E-state index is 13.1. The topological polar surface area (TPSA) is 63.7 Å². The van der Waals surface area contributed by atoms with Crippen LogP contribution in [0.15, 0.2) is 54.6 Å². The van der Waals surface area contributed by atoms with Crippen molar-refractivity contribution in [1.29, 1.82) is 0 Å². The minimum atomic E-state index is -3.11. The Bertz CT molecular complexity index is 901. The monoisotopic (exact) mass is 407 g/mol. The molecular weight excluding hydrogens is 386 g/mol. The van der Waals surface area contributed by atoms with Gasteiger partial charge in [0.25, 0.3) is 5.91 Å². The molecule has 1 aliphatic rings. The number of carbonyl (C=O) groups excluding carboxylic acids is 1. The van der Waals surface area contributed by atoms with Crippen molar-refractivity contribution in [3.63, 3.8) is 0 Å². The number of carbonyl (C=O) groups is 1. The summed E-state index contributed by atoms with van der Waals surface area (Å²) in [5.74, 6) is 0.278. The van der Waals surface area contributed by atoms with Crippen molar-refractivity contribution in [2.24, 2.45) is 0 Å². The lowest BCUT2D eigenvalue weighted by molar-refractivity contribution is -0.140. The number of para-hydroxylation sites is 1. The van der Waals surface area contributed by atoms with Crippen molar-refractivity contribution < 1.29 is 17.9 Å². The molecule has 0 N–H and O–H groups in total. The van der Waals surface area contributed by atoms with E-state index in [1.807, 2.05) is 30.3 Å². The Balaban J connectivity index is 1.80. The van der Waals surface area contributed by atoms with Gasteiger partial charge in [-0.3, -0.25) is 4.79 Å². The minimum absolute atomic E-state index is 0.00954. The first kappa shape index (κ1) is 19.7. The van der Waals surface area contributed by atoms with E-state index in [1.165, 1.54) is 0 Å². The first-order valence-electron chi connectivity index (χ1n) is 8.82. The molecule has 2 aromatic carbocycles. The van der Waals surface area contributed by atoms with Gasteiger partial charge >= 0.3 is 0 Å². The lowest BCUT2D eigenvalue weighted by Gasteiger charge is -2.31. The fourth-order valence-corrected chi connectivity index (χ4v) is 5.11. The predicted molar refractivity (Wildman–Crippen MR) is 106 cm³/mol. The van der Waals surface area contributed by atoms with Gasteiger partial charge in [-0.15, -0.1) is 0 Å². The van der Waals surface area contributed by atoms with Crippen LogP contribution in [0.5, 0.6) is 5.75 Å². The van der Waals surface area contributed by atoms with E-state index in [-0.39, 0.29) is 23.5 Å². The van der Waals surface area contributed by atoms with Crippen LogP contribution in [0, 0.1) is 0 Å². The highest BCUT2D eigenvalue weighted by atomic mass is 35.5. The molecule has 0 aromatic heterocycles. The molecule has 7 heteroatoms. The van der Waals surface area contributed by atoms with Gasteiger partial charge in [0, 0.05) is 12.6 Å². The molecule has 3 rings (SSSR count). The number of hydrogen-bond acceptors (Lipinski definition) is 4. The second kappa shape index (κ2) is 8.31. The predicted octanol–water partition coefficient (Wildman–Crippen LogP) is 3.32. The molecule has 2 aromatic rings. The van der Waals surface area contributed by atoms with Crippen molar-refractivity contribution >= 4 is 27.3 Å². The molecule has 1 amide bonds. The highest BCUT2D eigenvalue weighted by Crippen LogP contribution is 2.26. The van der Waals surface area contributed by atoms with Gasteiger partial charge in [-0.1, -0.05) is 54.1 Å². The Morgan fingerprint density at radius 3 is 2.48 bits per heavy atom. The Hall–Kier alpha value is -2.05. The maximum Gasteiger partial charge on any atom is 0.263 e. The lowest BCUT2D eigenvalue weighted by Crippen LogP contribution is -2.46. The smallest absolute Gasteiger partial charge is 0.263 e. The molecule has 0 spiro atoms. The van der Waals surface area contributed by atoms with Crippen LogP contribution in [0.2, 0.25) is 5.02 Å². The summed E-state index contributed by atoms with van der Waals surface area (Å²) in [4.78, 5) is 14.8. The zero-order chi connectivity index (χ0) is 19.4. The summed E-state index contributed by atoms with van der Waals surface area (Å²) in [6.07, 6.45) is -0.336. The number of sulfone groups is 1. The fraction of sp³-hybridized carbons (Fsp3) is 0.350. The van der Waals surface area contributed by atoms with Crippen LogP contribution in [0.3, 0.4) is 0 Å². The Labute approximate surface area is 164 Å². The van der Waals surface area contributed by atoms with E-state index in [0.717, 1.165) is 5.56 Å². The molecule has 0 unspecified atom stereocenters. The van der Waals surface area contributed by atoms with E-state index in [1.54, 1.807) is 36.1 Å². The van der Waals surface area contributed by atoms with Crippen LogP contribution in [-0.4, -0.2) is 42.9 Å². The van der Waals surface area contributed by atoms with Crippen LogP contribution in [0.4, 0.5) is 0 Å². The summed E-state index contributed by atoms with van der Waals surface area (Å²) in [6.45, 7) is 2.00. The summed E-state index contributed by atoms with van der Waals surface area (Å²) >= 11 is 6.12. The van der Waals surface area contributed by atoms with Crippen molar-refractivity contribution in [3.05, 3.63) is 65.2 Å². The van der Waals surface area contributed by atoms with Gasteiger partial charge in [-0.25, -0.2) is 8.42 Å². The van der Waals surface area contributed by atoms with Crippen molar-refractivity contribution in [2.45, 2.75) is 32.0 Å². The van der Waals surface area contributed by atoms with Crippen LogP contribution in [-0.2, 0) is 21.2 Å². The van der Waals surface area contributed by atoms with Crippen molar-refractivity contribution in [2.75, 3.05) is 11.5 Å². The maximum absolute atomic E-state index is 13.1. The van der Waals surface area contributed by atoms with E-state index < -0.39 is 15.9 Å². The molecule has 144 valence electrons. The molecule has 5 nitrogen and oxygen atoms in total. The molecule has 1 saturated heterocycles. The van der Waals surface area contributed by atoms with E-state index in [9.17, 15) is 13.2 Å². The summed E-state index contributed by atoms with van der Waals surface area (Å²) in [6, 6.07) is 16.1. The fourth-order valence-electron chi connectivity index (χ4n) is 3.20. The highest BCUT2D eigenvalue weighted by Gasteiger charge is 2.36. The third kappa shape index (κ3) is 5.02. The number of rotatable bonds is 6. The van der Waals surface area contributed by atoms with Crippen LogP contribution in [0.25, 0.3) is 0 Å². The standard InChI is InChI=1S/C20H22ClNO4S/c1-15(26-19-10-6-5-9-18(19)21)20(23)22(13-16-7-3-2-4-8-16)17-11-12-27(24,25)14-17/h2-10,15,17H,11-14H2,1H3/t15-,17+/m1/s1. The first-order valence-corrected chi connectivity index (χ1v) is 11.0. The SMILES string of the molecule is C[C@@H](Oc1ccccc1Cl)C(=O)N(Cc1ccccc1)[C@H]1CCS(=O)(=O)C1. The van der Waals surface area contributed by atoms with Gasteiger partial charge < -0.3 is 9.64 Å². The number of nitrogens with zero attached hydrogens (tertiary/aromatic N) is 1. The van der Waals surface area contributed by atoms with E-state index in [4.69, 9.17) is 16.3 Å². The van der Waals surface area contributed by atoms with Crippen LogP contribution in [0.1, 0.15) is 18.9 Å². The number of amides is 1. The molecule has 1 aliphatic heterocycles. The lowest BCUT2D eigenvalue weighted by atomic mass is 10.1. The van der Waals surface area contributed by atoms with Gasteiger partial charge in [0.15, 0.2) is 15.9 Å². The summed E-state index contributed by atoms with van der Waals surface area (Å²) in [5, 5.41) is 0.426. The van der Waals surface area contributed by atoms with E-state index in [0.29, 0.717) is 23.7 Å². The zero-order valence-electron chi connectivity index (χ0n) is 15.0. The van der Waals surface area contributed by atoms with Crippen LogP contribution < -0.4 is 4.74 Å². The van der Waals surface area contributed by atoms with E-state index in [2.05, 4.69) is 0 Å². The Kier molecular flexibility index (Phi) is 6.07. The summed E-state index contributed by atoms with van der Waals surface area (Å²) in [7, 11) is -3.11.